The van der Waals surface area contributed by atoms with Crippen LogP contribution in [0.3, 0.4) is 0 Å². The van der Waals surface area contributed by atoms with Crippen LogP contribution in [0, 0.1) is 23.2 Å². The summed E-state index contributed by atoms with van der Waals surface area (Å²) in [5.74, 6) is 1.38. The van der Waals surface area contributed by atoms with E-state index in [1.807, 2.05) is 0 Å². The largest absolute Gasteiger partial charge is 0.550 e. The van der Waals surface area contributed by atoms with E-state index in [4.69, 9.17) is 0 Å². The molecule has 7 rings (SSSR count). The zero-order chi connectivity index (χ0) is 24.3. The van der Waals surface area contributed by atoms with E-state index in [1.54, 1.807) is 0 Å². The summed E-state index contributed by atoms with van der Waals surface area (Å²) in [6.45, 7) is 2.23. The summed E-state index contributed by atoms with van der Waals surface area (Å²) in [5, 5.41) is 11.1. The number of aliphatic carboxylic acids is 1. The van der Waals surface area contributed by atoms with E-state index in [2.05, 4.69) is 91.9 Å². The van der Waals surface area contributed by atoms with Gasteiger partial charge in [-0.25, -0.2) is 0 Å². The van der Waals surface area contributed by atoms with Crippen molar-refractivity contribution in [3.05, 3.63) is 90.5 Å². The van der Waals surface area contributed by atoms with Gasteiger partial charge >= 0.3 is 0 Å². The van der Waals surface area contributed by atoms with Crippen LogP contribution in [0.1, 0.15) is 57.4 Å². The summed E-state index contributed by atoms with van der Waals surface area (Å²) in [6, 6.07) is 30.8. The normalized spacial score (nSPS) is 26.3. The van der Waals surface area contributed by atoms with Gasteiger partial charge in [-0.05, 0) is 105 Å². The van der Waals surface area contributed by atoms with Crippen LogP contribution < -0.4 is 5.11 Å². The van der Waals surface area contributed by atoms with E-state index in [0.717, 1.165) is 25.7 Å². The van der Waals surface area contributed by atoms with Crippen LogP contribution in [0.4, 0.5) is 0 Å². The lowest BCUT2D eigenvalue weighted by Gasteiger charge is -2.57. The Kier molecular flexibility index (Phi) is 7.34. The molecule has 2 nitrogen and oxygen atoms in total. The Labute approximate surface area is 213 Å². The lowest BCUT2D eigenvalue weighted by Crippen LogP contribution is -2.54. The van der Waals surface area contributed by atoms with Crippen LogP contribution in [-0.2, 0) is 22.1 Å². The highest BCUT2D eigenvalue weighted by Gasteiger charge is 2.51. The smallest absolute Gasteiger partial charge is 0.166 e. The van der Waals surface area contributed by atoms with Crippen LogP contribution in [0.2, 0.25) is 0 Å². The van der Waals surface area contributed by atoms with Crippen LogP contribution in [-0.4, -0.2) is 5.97 Å². The van der Waals surface area contributed by atoms with Gasteiger partial charge < -0.3 is 9.90 Å². The molecule has 4 aliphatic carbocycles. The van der Waals surface area contributed by atoms with Crippen molar-refractivity contribution in [2.24, 2.45) is 23.2 Å². The molecule has 3 heteroatoms. The molecule has 0 unspecified atom stereocenters. The van der Waals surface area contributed by atoms with Gasteiger partial charge in [-0.3, -0.25) is 0 Å². The molecule has 4 bridgehead atoms. The second-order valence-electron chi connectivity index (χ2n) is 10.8. The van der Waals surface area contributed by atoms with Crippen molar-refractivity contribution in [2.45, 2.75) is 73.0 Å². The Hall–Kier alpha value is -2.52. The van der Waals surface area contributed by atoms with Gasteiger partial charge in [-0.1, -0.05) is 61.9 Å². The fourth-order valence-electron chi connectivity index (χ4n) is 6.96. The second kappa shape index (κ2) is 10.6. The molecule has 3 aromatic rings. The third-order valence-corrected chi connectivity index (χ3v) is 10.4. The molecule has 35 heavy (non-hydrogen) atoms. The zero-order valence-corrected chi connectivity index (χ0v) is 21.5. The summed E-state index contributed by atoms with van der Waals surface area (Å²) in [5.41, 5.74) is 1.03. The second-order valence-corrected chi connectivity index (χ2v) is 12.8. The summed E-state index contributed by atoms with van der Waals surface area (Å²) < 4.78 is 0. The molecular formula is C32H36O2S. The number of carboxylic acids is 1. The molecule has 182 valence electrons. The molecule has 0 spiro atoms. The summed E-state index contributed by atoms with van der Waals surface area (Å²) in [6.07, 6.45) is 9.00. The van der Waals surface area contributed by atoms with Crippen molar-refractivity contribution >= 4 is 16.9 Å². The minimum Gasteiger partial charge on any atom is -0.550 e. The lowest BCUT2D eigenvalue weighted by atomic mass is 9.49. The Morgan fingerprint density at radius 2 is 1.17 bits per heavy atom. The minimum absolute atomic E-state index is 0.0268. The third-order valence-electron chi connectivity index (χ3n) is 8.13. The number of rotatable bonds is 6. The number of carbonyl (C=O) groups excluding carboxylic acids is 1. The molecule has 4 fully saturated rings. The van der Waals surface area contributed by atoms with Crippen molar-refractivity contribution < 1.29 is 9.90 Å². The highest BCUT2D eigenvalue weighted by molar-refractivity contribution is 7.97. The van der Waals surface area contributed by atoms with Gasteiger partial charge in [0.05, 0.1) is 10.9 Å². The highest BCUT2D eigenvalue weighted by Crippen LogP contribution is 2.59. The van der Waals surface area contributed by atoms with E-state index < -0.39 is 11.4 Å². The molecule has 0 radical (unpaired) electrons. The SMILES string of the molecule is CCCc1ccc([S+](c2ccccc2)c2ccccc2)cc1.O=C([O-])C12CC3CC(CC(C3)C1)C2. The van der Waals surface area contributed by atoms with E-state index in [-0.39, 0.29) is 10.9 Å². The van der Waals surface area contributed by atoms with Gasteiger partial charge in [0.15, 0.2) is 14.7 Å². The Balaban J connectivity index is 0.000000164. The predicted octanol–water partition coefficient (Wildman–Crippen LogP) is 6.69. The maximum absolute atomic E-state index is 11.1. The van der Waals surface area contributed by atoms with E-state index in [0.29, 0.717) is 17.8 Å². The summed E-state index contributed by atoms with van der Waals surface area (Å²) >= 11 is 0. The average molecular weight is 485 g/mol. The molecule has 0 aliphatic heterocycles. The first-order chi connectivity index (χ1) is 17.1. The molecule has 0 amide bonds. The van der Waals surface area contributed by atoms with Gasteiger partial charge in [-0.2, -0.15) is 0 Å². The van der Waals surface area contributed by atoms with Gasteiger partial charge in [0, 0.05) is 11.4 Å². The van der Waals surface area contributed by atoms with Crippen molar-refractivity contribution in [2.75, 3.05) is 0 Å². The molecule has 0 N–H and O–H groups in total. The Morgan fingerprint density at radius 1 is 0.743 bits per heavy atom. The molecule has 0 aromatic heterocycles. The number of carboxylic acid groups (broad SMARTS) is 1. The number of benzene rings is 3. The van der Waals surface area contributed by atoms with E-state index >= 15 is 0 Å². The predicted molar refractivity (Wildman–Crippen MR) is 141 cm³/mol. The first-order valence-electron chi connectivity index (χ1n) is 13.2. The monoisotopic (exact) mass is 484 g/mol. The molecule has 0 atom stereocenters. The first-order valence-corrected chi connectivity index (χ1v) is 14.4. The zero-order valence-electron chi connectivity index (χ0n) is 20.7. The van der Waals surface area contributed by atoms with Crippen LogP contribution in [0.25, 0.3) is 0 Å². The number of carbonyl (C=O) groups is 1. The summed E-state index contributed by atoms with van der Waals surface area (Å²) in [7, 11) is -0.0268. The molecule has 0 saturated heterocycles. The van der Waals surface area contributed by atoms with Gasteiger partial charge in [0.2, 0.25) is 0 Å². The Morgan fingerprint density at radius 3 is 1.57 bits per heavy atom. The Bertz CT molecular complexity index is 1030. The number of hydrogen-bond donors (Lipinski definition) is 0. The quantitative estimate of drug-likeness (QED) is 0.366. The number of aryl methyl sites for hydroxylation is 1. The van der Waals surface area contributed by atoms with Gasteiger partial charge in [0.25, 0.3) is 0 Å². The van der Waals surface area contributed by atoms with Crippen molar-refractivity contribution in [3.8, 4) is 0 Å². The molecule has 0 heterocycles. The number of hydrogen-bond acceptors (Lipinski definition) is 2. The minimum atomic E-state index is -0.758. The average Bonchev–Trinajstić information content (AvgIpc) is 2.86. The maximum Gasteiger partial charge on any atom is 0.166 e. The molecule has 4 saturated carbocycles. The molecule has 4 aliphatic rings. The fraction of sp³-hybridized carbons (Fsp3) is 0.406. The molecule has 3 aromatic carbocycles. The van der Waals surface area contributed by atoms with Crippen molar-refractivity contribution in [3.63, 3.8) is 0 Å². The highest BCUT2D eigenvalue weighted by atomic mass is 32.2. The van der Waals surface area contributed by atoms with Crippen LogP contribution >= 0.6 is 0 Å². The van der Waals surface area contributed by atoms with Gasteiger partial charge in [-0.15, -0.1) is 0 Å². The van der Waals surface area contributed by atoms with Crippen LogP contribution in [0.15, 0.2) is 99.6 Å². The molecular weight excluding hydrogens is 448 g/mol. The van der Waals surface area contributed by atoms with E-state index in [1.165, 1.54) is 45.9 Å². The fourth-order valence-corrected chi connectivity index (χ4v) is 9.05. The topological polar surface area (TPSA) is 40.1 Å². The standard InChI is InChI=1S/C21H21S.C11H16O2/c1-2-9-18-14-16-21(17-15-18)22(19-10-5-3-6-11-19)20-12-7-4-8-13-20;12-10(13)11-4-7-1-8(5-11)3-9(2-7)6-11/h3-8,10-17H,2,9H2,1H3;7-9H,1-6H2,(H,12,13)/q+1;/p-1. The third kappa shape index (κ3) is 5.35. The van der Waals surface area contributed by atoms with Gasteiger partial charge in [0.1, 0.15) is 0 Å². The van der Waals surface area contributed by atoms with Crippen molar-refractivity contribution in [1.29, 1.82) is 0 Å². The van der Waals surface area contributed by atoms with E-state index in [9.17, 15) is 9.90 Å². The van der Waals surface area contributed by atoms with Crippen molar-refractivity contribution in [1.82, 2.24) is 0 Å². The summed E-state index contributed by atoms with van der Waals surface area (Å²) in [4.78, 5) is 15.3. The lowest BCUT2D eigenvalue weighted by molar-refractivity contribution is -0.327. The maximum atomic E-state index is 11.1. The van der Waals surface area contributed by atoms with Crippen LogP contribution in [0.5, 0.6) is 0 Å². The first kappa shape index (κ1) is 24.2.